The third kappa shape index (κ3) is 3.62. The summed E-state index contributed by atoms with van der Waals surface area (Å²) in [5.41, 5.74) is 6.40. The van der Waals surface area contributed by atoms with Crippen LogP contribution in [0.3, 0.4) is 0 Å². The van der Waals surface area contributed by atoms with Gasteiger partial charge in [-0.15, -0.1) is 11.3 Å². The normalized spacial score (nSPS) is 12.3. The zero-order valence-corrected chi connectivity index (χ0v) is 10.5. The molecular formula is C12H18N2OS. The van der Waals surface area contributed by atoms with Gasteiger partial charge in [0.2, 0.25) is 0 Å². The topological polar surface area (TPSA) is 49.5 Å². The molecule has 1 unspecified atom stereocenters. The molecule has 0 spiro atoms. The van der Waals surface area contributed by atoms with Gasteiger partial charge in [-0.2, -0.15) is 0 Å². The van der Waals surface area contributed by atoms with Gasteiger partial charge < -0.3 is 10.8 Å². The van der Waals surface area contributed by atoms with E-state index in [0.29, 0.717) is 6.54 Å². The number of aliphatic hydroxyl groups excluding tert-OH is 1. The van der Waals surface area contributed by atoms with E-state index in [9.17, 15) is 0 Å². The van der Waals surface area contributed by atoms with E-state index in [-0.39, 0.29) is 12.6 Å². The van der Waals surface area contributed by atoms with Crippen molar-refractivity contribution in [3.8, 4) is 11.8 Å². The summed E-state index contributed by atoms with van der Waals surface area (Å²) >= 11 is 1.69. The number of likely N-dealkylation sites (N-methyl/N-ethyl adjacent to an activating group) is 1. The molecule has 1 rings (SSSR count). The second-order valence-electron chi connectivity index (χ2n) is 3.71. The predicted molar refractivity (Wildman–Crippen MR) is 68.3 cm³/mol. The quantitative estimate of drug-likeness (QED) is 0.765. The number of hydrogen-bond donors (Lipinski definition) is 2. The SMILES string of the molecule is CC(CO)N(C)Cc1sccc1C#CCN. The monoisotopic (exact) mass is 238 g/mol. The van der Waals surface area contributed by atoms with Crippen molar-refractivity contribution in [2.45, 2.75) is 19.5 Å². The van der Waals surface area contributed by atoms with Gasteiger partial charge >= 0.3 is 0 Å². The Morgan fingerprint density at radius 3 is 3.00 bits per heavy atom. The molecule has 0 aromatic carbocycles. The summed E-state index contributed by atoms with van der Waals surface area (Å²) in [6.07, 6.45) is 0. The van der Waals surface area contributed by atoms with Crippen LogP contribution in [-0.4, -0.2) is 36.2 Å². The maximum atomic E-state index is 9.06. The molecular weight excluding hydrogens is 220 g/mol. The van der Waals surface area contributed by atoms with Crippen molar-refractivity contribution >= 4 is 11.3 Å². The van der Waals surface area contributed by atoms with Crippen molar-refractivity contribution in [2.24, 2.45) is 5.73 Å². The largest absolute Gasteiger partial charge is 0.395 e. The van der Waals surface area contributed by atoms with Crippen LogP contribution >= 0.6 is 11.3 Å². The number of thiophene rings is 1. The summed E-state index contributed by atoms with van der Waals surface area (Å²) in [6, 6.07) is 2.18. The molecule has 0 amide bonds. The number of nitrogens with two attached hydrogens (primary N) is 1. The van der Waals surface area contributed by atoms with Gasteiger partial charge in [0.25, 0.3) is 0 Å². The van der Waals surface area contributed by atoms with Crippen LogP contribution < -0.4 is 5.73 Å². The second-order valence-corrected chi connectivity index (χ2v) is 4.71. The second kappa shape index (κ2) is 6.66. The zero-order chi connectivity index (χ0) is 12.0. The lowest BCUT2D eigenvalue weighted by atomic mass is 10.2. The molecule has 0 bridgehead atoms. The molecule has 16 heavy (non-hydrogen) atoms. The number of nitrogens with zero attached hydrogens (tertiary/aromatic N) is 1. The maximum absolute atomic E-state index is 9.06. The number of rotatable bonds is 4. The molecule has 4 heteroatoms. The van der Waals surface area contributed by atoms with Crippen molar-refractivity contribution in [2.75, 3.05) is 20.2 Å². The lowest BCUT2D eigenvalue weighted by Gasteiger charge is -2.22. The highest BCUT2D eigenvalue weighted by Gasteiger charge is 2.10. The third-order valence-corrected chi connectivity index (χ3v) is 3.39. The molecule has 0 saturated carbocycles. The van der Waals surface area contributed by atoms with Gasteiger partial charge in [-0.3, -0.25) is 4.90 Å². The molecule has 1 aromatic rings. The van der Waals surface area contributed by atoms with E-state index in [0.717, 1.165) is 12.1 Å². The van der Waals surface area contributed by atoms with E-state index in [2.05, 4.69) is 16.7 Å². The van der Waals surface area contributed by atoms with Gasteiger partial charge in [0, 0.05) is 23.0 Å². The van der Waals surface area contributed by atoms with Crippen LogP contribution in [0.5, 0.6) is 0 Å². The first-order chi connectivity index (χ1) is 7.69. The molecule has 1 atom stereocenters. The van der Waals surface area contributed by atoms with Gasteiger partial charge in [0.1, 0.15) is 0 Å². The average Bonchev–Trinajstić information content (AvgIpc) is 2.72. The van der Waals surface area contributed by atoms with Crippen molar-refractivity contribution in [3.05, 3.63) is 21.9 Å². The smallest absolute Gasteiger partial charge is 0.0584 e. The lowest BCUT2D eigenvalue weighted by molar-refractivity contribution is 0.155. The Morgan fingerprint density at radius 1 is 1.62 bits per heavy atom. The Labute approximate surface area is 101 Å². The maximum Gasteiger partial charge on any atom is 0.0584 e. The zero-order valence-electron chi connectivity index (χ0n) is 9.73. The fourth-order valence-electron chi connectivity index (χ4n) is 1.24. The van der Waals surface area contributed by atoms with Crippen molar-refractivity contribution < 1.29 is 5.11 Å². The summed E-state index contributed by atoms with van der Waals surface area (Å²) in [6.45, 7) is 3.37. The highest BCUT2D eigenvalue weighted by atomic mass is 32.1. The Morgan fingerprint density at radius 2 is 2.38 bits per heavy atom. The van der Waals surface area contributed by atoms with E-state index >= 15 is 0 Å². The van der Waals surface area contributed by atoms with Crippen LogP contribution in [0.2, 0.25) is 0 Å². The van der Waals surface area contributed by atoms with Crippen LogP contribution in [0.25, 0.3) is 0 Å². The Kier molecular flexibility index (Phi) is 5.50. The van der Waals surface area contributed by atoms with Gasteiger partial charge in [0.05, 0.1) is 13.2 Å². The summed E-state index contributed by atoms with van der Waals surface area (Å²) in [7, 11) is 2.00. The minimum absolute atomic E-state index is 0.164. The highest BCUT2D eigenvalue weighted by Crippen LogP contribution is 2.18. The van der Waals surface area contributed by atoms with Crippen LogP contribution in [0.15, 0.2) is 11.4 Å². The first kappa shape index (κ1) is 13.2. The van der Waals surface area contributed by atoms with Gasteiger partial charge in [-0.25, -0.2) is 0 Å². The molecule has 1 aromatic heterocycles. The van der Waals surface area contributed by atoms with Crippen LogP contribution in [-0.2, 0) is 6.54 Å². The van der Waals surface area contributed by atoms with Crippen molar-refractivity contribution in [3.63, 3.8) is 0 Å². The first-order valence-corrected chi connectivity index (χ1v) is 6.13. The van der Waals surface area contributed by atoms with Gasteiger partial charge in [-0.1, -0.05) is 11.8 Å². The minimum atomic E-state index is 0.164. The summed E-state index contributed by atoms with van der Waals surface area (Å²) < 4.78 is 0. The summed E-state index contributed by atoms with van der Waals surface area (Å²) in [5, 5.41) is 11.1. The van der Waals surface area contributed by atoms with Gasteiger partial charge in [-0.05, 0) is 25.4 Å². The average molecular weight is 238 g/mol. The van der Waals surface area contributed by atoms with Crippen LogP contribution in [0, 0.1) is 11.8 Å². The summed E-state index contributed by atoms with van der Waals surface area (Å²) in [4.78, 5) is 3.34. The molecule has 3 N–H and O–H groups in total. The van der Waals surface area contributed by atoms with E-state index in [1.165, 1.54) is 4.88 Å². The van der Waals surface area contributed by atoms with Crippen molar-refractivity contribution in [1.82, 2.24) is 4.90 Å². The van der Waals surface area contributed by atoms with E-state index < -0.39 is 0 Å². The Hall–Kier alpha value is -0.860. The lowest BCUT2D eigenvalue weighted by Crippen LogP contribution is -2.31. The predicted octanol–water partition coefficient (Wildman–Crippen LogP) is 0.871. The minimum Gasteiger partial charge on any atom is -0.395 e. The third-order valence-electron chi connectivity index (χ3n) is 2.48. The number of aliphatic hydroxyl groups is 1. The first-order valence-electron chi connectivity index (χ1n) is 5.25. The fraction of sp³-hybridized carbons (Fsp3) is 0.500. The molecule has 0 saturated heterocycles. The standard InChI is InChI=1S/C12H18N2OS/c1-10(9-15)14(2)8-12-11(4-3-6-13)5-7-16-12/h5,7,10,15H,6,8-9,13H2,1-2H3. The van der Waals surface area contributed by atoms with E-state index in [1.807, 2.05) is 25.4 Å². The van der Waals surface area contributed by atoms with Crippen LogP contribution in [0.4, 0.5) is 0 Å². The highest BCUT2D eigenvalue weighted by molar-refractivity contribution is 7.10. The molecule has 0 fully saturated rings. The molecule has 0 aliphatic heterocycles. The fourth-order valence-corrected chi connectivity index (χ4v) is 2.14. The molecule has 0 aliphatic rings. The van der Waals surface area contributed by atoms with E-state index in [1.54, 1.807) is 11.3 Å². The van der Waals surface area contributed by atoms with Crippen molar-refractivity contribution in [1.29, 1.82) is 0 Å². The molecule has 0 radical (unpaired) electrons. The number of hydrogen-bond acceptors (Lipinski definition) is 4. The summed E-state index contributed by atoms with van der Waals surface area (Å²) in [5.74, 6) is 5.93. The molecule has 1 heterocycles. The Bertz CT molecular complexity index is 378. The molecule has 0 aliphatic carbocycles. The Balaban J connectivity index is 2.70. The molecule has 3 nitrogen and oxygen atoms in total. The molecule has 88 valence electrons. The van der Waals surface area contributed by atoms with Gasteiger partial charge in [0.15, 0.2) is 0 Å². The van der Waals surface area contributed by atoms with Crippen LogP contribution in [0.1, 0.15) is 17.4 Å². The van der Waals surface area contributed by atoms with E-state index in [4.69, 9.17) is 10.8 Å².